The van der Waals surface area contributed by atoms with Gasteiger partial charge in [-0.05, 0) is 47.5 Å². The van der Waals surface area contributed by atoms with Gasteiger partial charge in [0.2, 0.25) is 0 Å². The summed E-state index contributed by atoms with van der Waals surface area (Å²) >= 11 is 3.27. The average molecular weight is 340 g/mol. The average Bonchev–Trinajstić information content (AvgIpc) is 3.14. The van der Waals surface area contributed by atoms with E-state index in [9.17, 15) is 4.79 Å². The van der Waals surface area contributed by atoms with E-state index in [0.717, 1.165) is 21.0 Å². The normalized spacial score (nSPS) is 10.5. The minimum Gasteiger partial charge on any atom is -0.348 e. The number of aromatic nitrogens is 1. The van der Waals surface area contributed by atoms with Crippen LogP contribution >= 0.6 is 23.1 Å². The van der Waals surface area contributed by atoms with Crippen molar-refractivity contribution in [2.45, 2.75) is 11.4 Å². The molecule has 3 rings (SSSR count). The van der Waals surface area contributed by atoms with Gasteiger partial charge >= 0.3 is 0 Å². The van der Waals surface area contributed by atoms with Gasteiger partial charge in [0.1, 0.15) is 0 Å². The number of pyridine rings is 1. The molecule has 0 fully saturated rings. The zero-order valence-electron chi connectivity index (χ0n) is 12.7. The zero-order valence-corrected chi connectivity index (χ0v) is 14.3. The highest BCUT2D eigenvalue weighted by molar-refractivity contribution is 7.98. The minimum atomic E-state index is -0.0677. The van der Waals surface area contributed by atoms with Crippen molar-refractivity contribution in [2.24, 2.45) is 0 Å². The molecule has 0 aliphatic carbocycles. The fourth-order valence-electron chi connectivity index (χ4n) is 2.26. The summed E-state index contributed by atoms with van der Waals surface area (Å²) in [5.41, 5.74) is 2.63. The molecular formula is C18H16N2OS2. The maximum atomic E-state index is 12.3. The van der Waals surface area contributed by atoms with Crippen molar-refractivity contribution in [3.8, 4) is 10.6 Å². The Morgan fingerprint density at radius 1 is 1.22 bits per heavy atom. The van der Waals surface area contributed by atoms with Crippen molar-refractivity contribution in [1.82, 2.24) is 10.3 Å². The lowest BCUT2D eigenvalue weighted by atomic mass is 10.1. The first-order chi connectivity index (χ1) is 11.3. The van der Waals surface area contributed by atoms with Crippen LogP contribution in [0.25, 0.3) is 10.6 Å². The molecule has 1 aromatic carbocycles. The first kappa shape index (κ1) is 15.8. The highest BCUT2D eigenvalue weighted by atomic mass is 32.2. The maximum Gasteiger partial charge on any atom is 0.251 e. The van der Waals surface area contributed by atoms with Gasteiger partial charge in [-0.15, -0.1) is 23.1 Å². The van der Waals surface area contributed by atoms with Crippen LogP contribution in [0.2, 0.25) is 0 Å². The Morgan fingerprint density at radius 2 is 2.13 bits per heavy atom. The summed E-state index contributed by atoms with van der Waals surface area (Å²) < 4.78 is 0. The van der Waals surface area contributed by atoms with Crippen LogP contribution in [0, 0.1) is 0 Å². The molecule has 0 saturated heterocycles. The number of carbonyl (C=O) groups is 1. The summed E-state index contributed by atoms with van der Waals surface area (Å²) in [6.45, 7) is 0.462. The highest BCUT2D eigenvalue weighted by Gasteiger charge is 2.10. The number of nitrogens with one attached hydrogen (secondary N) is 1. The Balaban J connectivity index is 1.75. The van der Waals surface area contributed by atoms with E-state index in [1.165, 1.54) is 0 Å². The molecule has 3 nitrogen and oxygen atoms in total. The standard InChI is InChI=1S/C18H16N2OS2/c1-22-15-7-2-5-13(11-15)18(21)20-12-14-6-3-9-19-17(14)16-8-4-10-23-16/h2-11H,12H2,1H3,(H,20,21). The van der Waals surface area contributed by atoms with Crippen molar-refractivity contribution < 1.29 is 4.79 Å². The molecule has 116 valence electrons. The van der Waals surface area contributed by atoms with Crippen molar-refractivity contribution in [3.63, 3.8) is 0 Å². The fraction of sp³-hybridized carbons (Fsp3) is 0.111. The van der Waals surface area contributed by atoms with Crippen LogP contribution < -0.4 is 5.32 Å². The largest absolute Gasteiger partial charge is 0.348 e. The van der Waals surface area contributed by atoms with Crippen LogP contribution in [0.1, 0.15) is 15.9 Å². The third-order valence-corrected chi connectivity index (χ3v) is 5.02. The molecule has 2 aromatic heterocycles. The number of nitrogens with zero attached hydrogens (tertiary/aromatic N) is 1. The molecule has 0 atom stereocenters. The second-order valence-electron chi connectivity index (χ2n) is 4.90. The first-order valence-electron chi connectivity index (χ1n) is 7.18. The van der Waals surface area contributed by atoms with Gasteiger partial charge in [0.05, 0.1) is 10.6 Å². The van der Waals surface area contributed by atoms with Gasteiger partial charge in [-0.25, -0.2) is 0 Å². The quantitative estimate of drug-likeness (QED) is 0.697. The van der Waals surface area contributed by atoms with Gasteiger partial charge in [-0.1, -0.05) is 18.2 Å². The summed E-state index contributed by atoms with van der Waals surface area (Å²) in [4.78, 5) is 19.0. The predicted octanol–water partition coefficient (Wildman–Crippen LogP) is 4.46. The van der Waals surface area contributed by atoms with Crippen LogP contribution in [-0.4, -0.2) is 17.1 Å². The van der Waals surface area contributed by atoms with Crippen LogP contribution in [0.5, 0.6) is 0 Å². The topological polar surface area (TPSA) is 42.0 Å². The Labute approximate surface area is 143 Å². The van der Waals surface area contributed by atoms with Crippen molar-refractivity contribution in [2.75, 3.05) is 6.26 Å². The Bertz CT molecular complexity index is 800. The lowest BCUT2D eigenvalue weighted by Crippen LogP contribution is -2.23. The van der Waals surface area contributed by atoms with E-state index in [1.807, 2.05) is 60.2 Å². The van der Waals surface area contributed by atoms with E-state index < -0.39 is 0 Å². The number of amides is 1. The van der Waals surface area contributed by atoms with Crippen molar-refractivity contribution in [3.05, 3.63) is 71.2 Å². The summed E-state index contributed by atoms with van der Waals surface area (Å²) in [5, 5.41) is 5.01. The van der Waals surface area contributed by atoms with Gasteiger partial charge in [0, 0.05) is 23.2 Å². The number of hydrogen-bond donors (Lipinski definition) is 1. The van der Waals surface area contributed by atoms with E-state index in [4.69, 9.17) is 0 Å². The molecule has 0 saturated carbocycles. The Morgan fingerprint density at radius 3 is 2.91 bits per heavy atom. The second kappa shape index (κ2) is 7.44. The molecule has 3 aromatic rings. The second-order valence-corrected chi connectivity index (χ2v) is 6.73. The van der Waals surface area contributed by atoms with E-state index in [1.54, 1.807) is 29.3 Å². The van der Waals surface area contributed by atoms with Crippen molar-refractivity contribution >= 4 is 29.0 Å². The predicted molar refractivity (Wildman–Crippen MR) is 96.9 cm³/mol. The third-order valence-electron chi connectivity index (χ3n) is 3.42. The van der Waals surface area contributed by atoms with Crippen LogP contribution in [0.4, 0.5) is 0 Å². The number of hydrogen-bond acceptors (Lipinski definition) is 4. The summed E-state index contributed by atoms with van der Waals surface area (Å²) in [6.07, 6.45) is 3.78. The smallest absolute Gasteiger partial charge is 0.251 e. The molecule has 23 heavy (non-hydrogen) atoms. The number of carbonyl (C=O) groups excluding carboxylic acids is 1. The third kappa shape index (κ3) is 3.81. The van der Waals surface area contributed by atoms with Gasteiger partial charge < -0.3 is 5.32 Å². The van der Waals surface area contributed by atoms with Crippen molar-refractivity contribution in [1.29, 1.82) is 0 Å². The van der Waals surface area contributed by atoms with E-state index >= 15 is 0 Å². The van der Waals surface area contributed by atoms with Gasteiger partial charge in [-0.2, -0.15) is 0 Å². The van der Waals surface area contributed by atoms with Gasteiger partial charge in [-0.3, -0.25) is 9.78 Å². The minimum absolute atomic E-state index is 0.0677. The van der Waals surface area contributed by atoms with Crippen LogP contribution in [-0.2, 0) is 6.54 Å². The number of rotatable bonds is 5. The first-order valence-corrected chi connectivity index (χ1v) is 9.28. The van der Waals surface area contributed by atoms with Crippen LogP contribution in [0.15, 0.2) is 65.0 Å². The van der Waals surface area contributed by atoms with E-state index in [0.29, 0.717) is 12.1 Å². The van der Waals surface area contributed by atoms with E-state index in [-0.39, 0.29) is 5.91 Å². The maximum absolute atomic E-state index is 12.3. The molecule has 2 heterocycles. The molecule has 1 N–H and O–H groups in total. The molecule has 0 aliphatic rings. The number of thiophene rings is 1. The molecule has 0 bridgehead atoms. The molecule has 0 unspecified atom stereocenters. The summed E-state index contributed by atoms with van der Waals surface area (Å²) in [6, 6.07) is 15.6. The molecule has 5 heteroatoms. The van der Waals surface area contributed by atoms with E-state index in [2.05, 4.69) is 10.3 Å². The lowest BCUT2D eigenvalue weighted by molar-refractivity contribution is 0.0950. The highest BCUT2D eigenvalue weighted by Crippen LogP contribution is 2.25. The monoisotopic (exact) mass is 340 g/mol. The van der Waals surface area contributed by atoms with Crippen LogP contribution in [0.3, 0.4) is 0 Å². The fourth-order valence-corrected chi connectivity index (χ4v) is 3.47. The number of thioether (sulfide) groups is 1. The molecule has 0 aliphatic heterocycles. The lowest BCUT2D eigenvalue weighted by Gasteiger charge is -2.09. The molecule has 1 amide bonds. The number of benzene rings is 1. The molecule has 0 spiro atoms. The SMILES string of the molecule is CSc1cccc(C(=O)NCc2cccnc2-c2cccs2)c1. The molecule has 0 radical (unpaired) electrons. The Kier molecular flexibility index (Phi) is 5.10. The van der Waals surface area contributed by atoms with Gasteiger partial charge in [0.15, 0.2) is 0 Å². The summed E-state index contributed by atoms with van der Waals surface area (Å²) in [7, 11) is 0. The summed E-state index contributed by atoms with van der Waals surface area (Å²) in [5.74, 6) is -0.0677. The van der Waals surface area contributed by atoms with Gasteiger partial charge in [0.25, 0.3) is 5.91 Å². The molecular weight excluding hydrogens is 324 g/mol. The zero-order chi connectivity index (χ0) is 16.1. The Hall–Kier alpha value is -2.11.